The summed E-state index contributed by atoms with van der Waals surface area (Å²) in [6.45, 7) is 0.757. The fourth-order valence-corrected chi connectivity index (χ4v) is 2.62. The molecule has 0 saturated heterocycles. The fraction of sp³-hybridized carbons (Fsp3) is 0.417. The Morgan fingerprint density at radius 3 is 2.76 bits per heavy atom. The van der Waals surface area contributed by atoms with E-state index in [1.54, 1.807) is 6.07 Å². The molecule has 0 bridgehead atoms. The summed E-state index contributed by atoms with van der Waals surface area (Å²) in [6.07, 6.45) is 2.24. The van der Waals surface area contributed by atoms with Gasteiger partial charge in [0, 0.05) is 27.1 Å². The minimum Gasteiger partial charge on any atom is -0.335 e. The van der Waals surface area contributed by atoms with Crippen molar-refractivity contribution < 1.29 is 4.79 Å². The van der Waals surface area contributed by atoms with Gasteiger partial charge < -0.3 is 4.90 Å². The number of benzene rings is 1. The highest BCUT2D eigenvalue weighted by Crippen LogP contribution is 2.29. The summed E-state index contributed by atoms with van der Waals surface area (Å²) in [5.41, 5.74) is 0.684. The van der Waals surface area contributed by atoms with Gasteiger partial charge >= 0.3 is 0 Å². The quantitative estimate of drug-likeness (QED) is 0.526. The van der Waals surface area contributed by atoms with Gasteiger partial charge in [0.05, 0.1) is 5.02 Å². The van der Waals surface area contributed by atoms with Crippen LogP contribution >= 0.6 is 50.1 Å². The van der Waals surface area contributed by atoms with Gasteiger partial charge in [-0.05, 0) is 53.6 Å². The molecule has 0 N–H and O–H groups in total. The van der Waals surface area contributed by atoms with Gasteiger partial charge in [0.25, 0.3) is 5.91 Å². The van der Waals surface area contributed by atoms with E-state index in [1.807, 2.05) is 17.0 Å². The number of alkyl halides is 1. The average Bonchev–Trinajstić information content (AvgIpc) is 3.13. The molecule has 0 spiro atoms. The third-order valence-corrected chi connectivity index (χ3v) is 4.67. The summed E-state index contributed by atoms with van der Waals surface area (Å²) in [7, 11) is 0. The van der Waals surface area contributed by atoms with Crippen molar-refractivity contribution >= 4 is 56.0 Å². The zero-order valence-corrected chi connectivity index (χ0v) is 13.6. The first-order valence-electron chi connectivity index (χ1n) is 5.45. The first-order valence-corrected chi connectivity index (χ1v) is 8.03. The van der Waals surface area contributed by atoms with Crippen LogP contribution in [-0.2, 0) is 0 Å². The van der Waals surface area contributed by atoms with Crippen molar-refractivity contribution in [3.8, 4) is 0 Å². The fourth-order valence-electron chi connectivity index (χ4n) is 1.72. The molecule has 0 aliphatic heterocycles. The van der Waals surface area contributed by atoms with Gasteiger partial charge in [0.1, 0.15) is 0 Å². The maximum atomic E-state index is 12.3. The third-order valence-electron chi connectivity index (χ3n) is 2.74. The Labute approximate surface area is 128 Å². The Balaban J connectivity index is 2.19. The predicted octanol–water partition coefficient (Wildman–Crippen LogP) is 3.94. The predicted molar refractivity (Wildman–Crippen MR) is 82.0 cm³/mol. The van der Waals surface area contributed by atoms with E-state index in [0.717, 1.165) is 28.3 Å². The SMILES string of the molecule is O=C(c1ccc(I)c(Cl)c1)N(CCBr)C1CC1. The molecule has 1 aromatic carbocycles. The minimum atomic E-state index is 0.0882. The number of amides is 1. The minimum absolute atomic E-state index is 0.0882. The molecule has 1 aromatic rings. The molecular weight excluding hydrogens is 416 g/mol. The van der Waals surface area contributed by atoms with E-state index in [2.05, 4.69) is 38.5 Å². The monoisotopic (exact) mass is 427 g/mol. The van der Waals surface area contributed by atoms with Crippen molar-refractivity contribution in [2.24, 2.45) is 0 Å². The van der Waals surface area contributed by atoms with Crippen molar-refractivity contribution in [3.63, 3.8) is 0 Å². The number of carbonyl (C=O) groups excluding carboxylic acids is 1. The number of nitrogens with zero attached hydrogens (tertiary/aromatic N) is 1. The van der Waals surface area contributed by atoms with E-state index in [9.17, 15) is 4.79 Å². The van der Waals surface area contributed by atoms with Gasteiger partial charge in [-0.25, -0.2) is 0 Å². The summed E-state index contributed by atoms with van der Waals surface area (Å²) in [5.74, 6) is 0.0882. The van der Waals surface area contributed by atoms with Crippen LogP contribution in [0.15, 0.2) is 18.2 Å². The first-order chi connectivity index (χ1) is 8.13. The van der Waals surface area contributed by atoms with Crippen molar-refractivity contribution in [3.05, 3.63) is 32.4 Å². The van der Waals surface area contributed by atoms with E-state index in [-0.39, 0.29) is 5.91 Å². The maximum Gasteiger partial charge on any atom is 0.254 e. The molecule has 1 amide bonds. The lowest BCUT2D eigenvalue weighted by molar-refractivity contribution is 0.0754. The summed E-state index contributed by atoms with van der Waals surface area (Å²) >= 11 is 11.6. The zero-order valence-electron chi connectivity index (χ0n) is 9.13. The van der Waals surface area contributed by atoms with Gasteiger partial charge in [-0.3, -0.25) is 4.79 Å². The molecule has 0 heterocycles. The molecule has 5 heteroatoms. The van der Waals surface area contributed by atoms with Crippen molar-refractivity contribution in [1.29, 1.82) is 0 Å². The summed E-state index contributed by atoms with van der Waals surface area (Å²) in [6, 6.07) is 5.92. The molecule has 0 aromatic heterocycles. The standard InChI is InChI=1S/C12H12BrClINO/c13-5-6-16(9-2-3-9)12(17)8-1-4-11(15)10(14)7-8/h1,4,7,9H,2-3,5-6H2. The maximum absolute atomic E-state index is 12.3. The Bertz CT molecular complexity index is 437. The molecular formula is C12H12BrClINO. The van der Waals surface area contributed by atoms with Crippen LogP contribution in [0.4, 0.5) is 0 Å². The van der Waals surface area contributed by atoms with E-state index in [4.69, 9.17) is 11.6 Å². The van der Waals surface area contributed by atoms with Gasteiger partial charge in [0.15, 0.2) is 0 Å². The molecule has 2 rings (SSSR count). The van der Waals surface area contributed by atoms with Crippen LogP contribution < -0.4 is 0 Å². The largest absolute Gasteiger partial charge is 0.335 e. The molecule has 1 aliphatic carbocycles. The summed E-state index contributed by atoms with van der Waals surface area (Å²) in [5, 5.41) is 1.46. The first kappa shape index (κ1) is 13.6. The molecule has 0 unspecified atom stereocenters. The van der Waals surface area contributed by atoms with Crippen LogP contribution in [0.25, 0.3) is 0 Å². The van der Waals surface area contributed by atoms with E-state index < -0.39 is 0 Å². The number of carbonyl (C=O) groups is 1. The van der Waals surface area contributed by atoms with E-state index in [0.29, 0.717) is 16.6 Å². The Hall–Kier alpha value is 0.190. The molecule has 1 aliphatic rings. The normalized spacial score (nSPS) is 14.8. The molecule has 0 atom stereocenters. The van der Waals surface area contributed by atoms with E-state index in [1.165, 1.54) is 0 Å². The number of halogens is 3. The van der Waals surface area contributed by atoms with Crippen molar-refractivity contribution in [1.82, 2.24) is 4.90 Å². The Kier molecular flexibility index (Phi) is 4.72. The second-order valence-corrected chi connectivity index (χ2v) is 6.41. The van der Waals surface area contributed by atoms with Gasteiger partial charge in [0.2, 0.25) is 0 Å². The smallest absolute Gasteiger partial charge is 0.254 e. The Morgan fingerprint density at radius 1 is 1.53 bits per heavy atom. The number of rotatable bonds is 4. The summed E-state index contributed by atoms with van der Waals surface area (Å²) < 4.78 is 0.972. The van der Waals surface area contributed by atoms with Crippen molar-refractivity contribution in [2.75, 3.05) is 11.9 Å². The van der Waals surface area contributed by atoms with E-state index >= 15 is 0 Å². The van der Waals surface area contributed by atoms with Gasteiger partial charge in [-0.2, -0.15) is 0 Å². The molecule has 0 radical (unpaired) electrons. The number of hydrogen-bond acceptors (Lipinski definition) is 1. The van der Waals surface area contributed by atoms with Crippen LogP contribution in [0.2, 0.25) is 5.02 Å². The molecule has 2 nitrogen and oxygen atoms in total. The topological polar surface area (TPSA) is 20.3 Å². The highest BCUT2D eigenvalue weighted by atomic mass is 127. The van der Waals surface area contributed by atoms with Crippen LogP contribution in [0.5, 0.6) is 0 Å². The second kappa shape index (κ2) is 5.89. The highest BCUT2D eigenvalue weighted by molar-refractivity contribution is 14.1. The zero-order chi connectivity index (χ0) is 12.4. The summed E-state index contributed by atoms with van der Waals surface area (Å²) in [4.78, 5) is 14.3. The highest BCUT2D eigenvalue weighted by Gasteiger charge is 2.32. The molecule has 17 heavy (non-hydrogen) atoms. The lowest BCUT2D eigenvalue weighted by atomic mass is 10.2. The Morgan fingerprint density at radius 2 is 2.24 bits per heavy atom. The van der Waals surface area contributed by atoms with Crippen LogP contribution in [0.3, 0.4) is 0 Å². The molecule has 1 saturated carbocycles. The molecule has 1 fully saturated rings. The average molecular weight is 428 g/mol. The van der Waals surface area contributed by atoms with Gasteiger partial charge in [-0.1, -0.05) is 27.5 Å². The van der Waals surface area contributed by atoms with Crippen LogP contribution in [0, 0.1) is 3.57 Å². The second-order valence-electron chi connectivity index (χ2n) is 4.05. The molecule has 92 valence electrons. The van der Waals surface area contributed by atoms with Gasteiger partial charge in [-0.15, -0.1) is 0 Å². The number of hydrogen-bond donors (Lipinski definition) is 0. The van der Waals surface area contributed by atoms with Crippen LogP contribution in [-0.4, -0.2) is 28.7 Å². The third kappa shape index (κ3) is 3.35. The lowest BCUT2D eigenvalue weighted by Crippen LogP contribution is -2.34. The van der Waals surface area contributed by atoms with Crippen molar-refractivity contribution in [2.45, 2.75) is 18.9 Å². The lowest BCUT2D eigenvalue weighted by Gasteiger charge is -2.21. The van der Waals surface area contributed by atoms with Crippen LogP contribution in [0.1, 0.15) is 23.2 Å².